The molecule has 1 unspecified atom stereocenters. The lowest BCUT2D eigenvalue weighted by Crippen LogP contribution is -2.19. The molecular weight excluding hydrogens is 383 g/mol. The first-order valence-corrected chi connectivity index (χ1v) is 8.06. The maximum absolute atomic E-state index is 12.6. The summed E-state index contributed by atoms with van der Waals surface area (Å²) < 4.78 is 59.2. The number of benzene rings is 2. The largest absolute Gasteiger partial charge is 0.416 e. The number of hydrogen-bond donors (Lipinski definition) is 4. The Balaban J connectivity index is 2.01. The van der Waals surface area contributed by atoms with Crippen molar-refractivity contribution in [2.24, 2.45) is 0 Å². The van der Waals surface area contributed by atoms with Crippen LogP contribution >= 0.6 is 11.6 Å². The van der Waals surface area contributed by atoms with Crippen molar-refractivity contribution in [1.29, 1.82) is 0 Å². The minimum absolute atomic E-state index is 0.0149. The van der Waals surface area contributed by atoms with Crippen molar-refractivity contribution in [2.75, 3.05) is 15.4 Å². The van der Waals surface area contributed by atoms with E-state index in [2.05, 4.69) is 15.4 Å². The number of anilines is 3. The molecule has 0 saturated carbocycles. The molecule has 2 rings (SSSR count). The minimum Gasteiger partial charge on any atom is -0.308 e. The molecule has 0 bridgehead atoms. The Hall–Kier alpha value is -2.30. The number of nitrogens with one attached hydrogen (secondary N) is 3. The summed E-state index contributed by atoms with van der Waals surface area (Å²) in [5.41, 5.74) is -0.193. The molecule has 134 valence electrons. The quantitative estimate of drug-likeness (QED) is 0.574. The van der Waals surface area contributed by atoms with Crippen LogP contribution in [-0.2, 0) is 17.4 Å². The first kappa shape index (κ1) is 19.0. The fourth-order valence-electron chi connectivity index (χ4n) is 1.80. The summed E-state index contributed by atoms with van der Waals surface area (Å²) in [5.74, 6) is 0. The smallest absolute Gasteiger partial charge is 0.308 e. The van der Waals surface area contributed by atoms with Gasteiger partial charge in [0.05, 0.1) is 16.3 Å². The highest BCUT2D eigenvalue weighted by Gasteiger charge is 2.30. The Morgan fingerprint density at radius 3 is 2.16 bits per heavy atom. The molecule has 6 nitrogen and oxygen atoms in total. The predicted octanol–water partition coefficient (Wildman–Crippen LogP) is 4.55. The zero-order valence-corrected chi connectivity index (χ0v) is 13.8. The molecule has 11 heteroatoms. The molecular formula is C14H11ClF3N3O3S. The van der Waals surface area contributed by atoms with E-state index in [0.29, 0.717) is 17.4 Å². The second-order valence-corrected chi connectivity index (χ2v) is 5.81. The third kappa shape index (κ3) is 5.62. The SMILES string of the molecule is O=C(Nc1ccc(NS(=O)O)cc1)Nc1ccc(C(F)(F)F)cc1Cl. The van der Waals surface area contributed by atoms with Gasteiger partial charge in [-0.05, 0) is 42.5 Å². The normalized spacial score (nSPS) is 12.4. The first-order valence-electron chi connectivity index (χ1n) is 6.57. The number of alkyl halides is 3. The Bertz CT molecular complexity index is 800. The molecule has 4 N–H and O–H groups in total. The molecule has 0 radical (unpaired) electrons. The number of hydrogen-bond acceptors (Lipinski definition) is 2. The third-order valence-corrected chi connectivity index (χ3v) is 3.62. The Kier molecular flexibility index (Phi) is 5.88. The third-order valence-electron chi connectivity index (χ3n) is 2.89. The summed E-state index contributed by atoms with van der Waals surface area (Å²) in [6, 6.07) is 7.68. The van der Waals surface area contributed by atoms with Gasteiger partial charge >= 0.3 is 12.2 Å². The number of amides is 2. The second kappa shape index (κ2) is 7.72. The van der Waals surface area contributed by atoms with Crippen molar-refractivity contribution in [3.63, 3.8) is 0 Å². The van der Waals surface area contributed by atoms with Crippen LogP contribution in [0.1, 0.15) is 5.56 Å². The lowest BCUT2D eigenvalue weighted by atomic mass is 10.2. The lowest BCUT2D eigenvalue weighted by molar-refractivity contribution is -0.137. The highest BCUT2D eigenvalue weighted by molar-refractivity contribution is 7.80. The summed E-state index contributed by atoms with van der Waals surface area (Å²) in [6.45, 7) is 0. The van der Waals surface area contributed by atoms with Crippen LogP contribution in [-0.4, -0.2) is 14.8 Å². The lowest BCUT2D eigenvalue weighted by Gasteiger charge is -2.12. The van der Waals surface area contributed by atoms with Gasteiger partial charge in [-0.25, -0.2) is 9.00 Å². The Morgan fingerprint density at radius 2 is 1.64 bits per heavy atom. The van der Waals surface area contributed by atoms with E-state index < -0.39 is 29.0 Å². The summed E-state index contributed by atoms with van der Waals surface area (Å²) in [4.78, 5) is 11.9. The second-order valence-electron chi connectivity index (χ2n) is 4.70. The predicted molar refractivity (Wildman–Crippen MR) is 89.9 cm³/mol. The van der Waals surface area contributed by atoms with Crippen LogP contribution in [0.2, 0.25) is 5.02 Å². The summed E-state index contributed by atoms with van der Waals surface area (Å²) in [6.07, 6.45) is -4.53. The molecule has 0 aromatic heterocycles. The van der Waals surface area contributed by atoms with E-state index >= 15 is 0 Å². The highest BCUT2D eigenvalue weighted by atomic mass is 35.5. The van der Waals surface area contributed by atoms with Crippen LogP contribution in [0.15, 0.2) is 42.5 Å². The molecule has 0 fully saturated rings. The molecule has 0 aliphatic heterocycles. The topological polar surface area (TPSA) is 90.5 Å². The van der Waals surface area contributed by atoms with Crippen molar-refractivity contribution >= 4 is 46.0 Å². The van der Waals surface area contributed by atoms with E-state index in [1.165, 1.54) is 24.3 Å². The minimum atomic E-state index is -4.53. The van der Waals surface area contributed by atoms with E-state index in [9.17, 15) is 22.2 Å². The van der Waals surface area contributed by atoms with Gasteiger partial charge in [-0.15, -0.1) is 0 Å². The average molecular weight is 394 g/mol. The Morgan fingerprint density at radius 1 is 1.04 bits per heavy atom. The number of carbonyl (C=O) groups excluding carboxylic acids is 1. The van der Waals surface area contributed by atoms with Gasteiger partial charge < -0.3 is 10.6 Å². The van der Waals surface area contributed by atoms with E-state index in [0.717, 1.165) is 12.1 Å². The molecule has 0 spiro atoms. The molecule has 2 aromatic rings. The van der Waals surface area contributed by atoms with Gasteiger partial charge in [-0.2, -0.15) is 13.2 Å². The van der Waals surface area contributed by atoms with E-state index in [-0.39, 0.29) is 10.7 Å². The molecule has 25 heavy (non-hydrogen) atoms. The van der Waals surface area contributed by atoms with Crippen LogP contribution in [0.3, 0.4) is 0 Å². The first-order chi connectivity index (χ1) is 11.6. The van der Waals surface area contributed by atoms with Gasteiger partial charge in [0.2, 0.25) is 0 Å². The van der Waals surface area contributed by atoms with Crippen molar-refractivity contribution in [1.82, 2.24) is 0 Å². The van der Waals surface area contributed by atoms with Crippen molar-refractivity contribution in [3.8, 4) is 0 Å². The molecule has 0 aliphatic carbocycles. The highest BCUT2D eigenvalue weighted by Crippen LogP contribution is 2.33. The van der Waals surface area contributed by atoms with Crippen molar-refractivity contribution in [3.05, 3.63) is 53.1 Å². The summed E-state index contributed by atoms with van der Waals surface area (Å²) >= 11 is 3.53. The van der Waals surface area contributed by atoms with Crippen LogP contribution in [0.5, 0.6) is 0 Å². The number of halogens is 4. The van der Waals surface area contributed by atoms with Crippen LogP contribution < -0.4 is 15.4 Å². The maximum atomic E-state index is 12.6. The molecule has 0 heterocycles. The monoisotopic (exact) mass is 393 g/mol. The van der Waals surface area contributed by atoms with E-state index in [1.807, 2.05) is 0 Å². The van der Waals surface area contributed by atoms with E-state index in [1.54, 1.807) is 0 Å². The van der Waals surface area contributed by atoms with Crippen molar-refractivity contribution in [2.45, 2.75) is 6.18 Å². The van der Waals surface area contributed by atoms with E-state index in [4.69, 9.17) is 16.2 Å². The molecule has 2 aromatic carbocycles. The van der Waals surface area contributed by atoms with Gasteiger partial charge in [0.15, 0.2) is 0 Å². The number of rotatable bonds is 4. The van der Waals surface area contributed by atoms with Gasteiger partial charge in [0.1, 0.15) is 0 Å². The zero-order valence-electron chi connectivity index (χ0n) is 12.2. The summed E-state index contributed by atoms with van der Waals surface area (Å²) in [7, 11) is 0. The summed E-state index contributed by atoms with van der Waals surface area (Å²) in [5, 5.41) is 4.52. The molecule has 2 amide bonds. The fraction of sp³-hybridized carbons (Fsp3) is 0.0714. The molecule has 1 atom stereocenters. The zero-order chi connectivity index (χ0) is 18.6. The number of urea groups is 1. The Labute approximate surface area is 147 Å². The molecule has 0 aliphatic rings. The van der Waals surface area contributed by atoms with Crippen LogP contribution in [0.4, 0.5) is 35.0 Å². The number of carbonyl (C=O) groups is 1. The molecule has 0 saturated heterocycles. The van der Waals surface area contributed by atoms with Crippen LogP contribution in [0.25, 0.3) is 0 Å². The van der Waals surface area contributed by atoms with Crippen LogP contribution in [0, 0.1) is 0 Å². The maximum Gasteiger partial charge on any atom is 0.416 e. The average Bonchev–Trinajstić information content (AvgIpc) is 2.49. The van der Waals surface area contributed by atoms with Gasteiger partial charge in [-0.1, -0.05) is 11.6 Å². The standard InChI is InChI=1S/C14H11ClF3N3O3S/c15-11-7-8(14(16,17)18)1-6-12(11)20-13(22)19-9-2-4-10(5-3-9)21-25(23)24/h1-7,21H,(H,23,24)(H2,19,20,22). The fourth-order valence-corrected chi connectivity index (χ4v) is 2.37. The van der Waals surface area contributed by atoms with Gasteiger partial charge in [-0.3, -0.25) is 9.27 Å². The van der Waals surface area contributed by atoms with Gasteiger partial charge in [0.25, 0.3) is 11.3 Å². The van der Waals surface area contributed by atoms with Gasteiger partial charge in [0, 0.05) is 11.4 Å². The van der Waals surface area contributed by atoms with Crippen molar-refractivity contribution < 1.29 is 26.7 Å².